The topological polar surface area (TPSA) is 29.5 Å². The molecule has 2 aliphatic rings. The fourth-order valence-electron chi connectivity index (χ4n) is 4.33. The smallest absolute Gasteiger partial charge is 0.0648 e. The van der Waals surface area contributed by atoms with E-state index in [2.05, 4.69) is 20.4 Å². The zero-order valence-electron chi connectivity index (χ0n) is 13.3. The van der Waals surface area contributed by atoms with E-state index in [1.807, 2.05) is 6.08 Å². The maximum atomic E-state index is 9.70. The lowest BCUT2D eigenvalue weighted by Crippen LogP contribution is -2.38. The minimum Gasteiger partial charge on any atom is -0.393 e. The third-order valence-corrected chi connectivity index (χ3v) is 5.93. The van der Waals surface area contributed by atoms with Gasteiger partial charge < -0.3 is 9.84 Å². The van der Waals surface area contributed by atoms with E-state index in [9.17, 15) is 5.11 Å². The lowest BCUT2D eigenvalue weighted by Gasteiger charge is -2.46. The lowest BCUT2D eigenvalue weighted by atomic mass is 9.60. The Labute approximate surface area is 124 Å². The molecule has 0 bridgehead atoms. The molecule has 0 heterocycles. The highest BCUT2D eigenvalue weighted by Crippen LogP contribution is 2.48. The summed E-state index contributed by atoms with van der Waals surface area (Å²) in [5, 5.41) is 9.70. The van der Waals surface area contributed by atoms with E-state index in [1.54, 1.807) is 0 Å². The maximum absolute atomic E-state index is 9.70. The van der Waals surface area contributed by atoms with Crippen LogP contribution in [0.4, 0.5) is 0 Å². The van der Waals surface area contributed by atoms with Gasteiger partial charge in [-0.05, 0) is 68.6 Å². The minimum absolute atomic E-state index is 0.0370. The molecular weight excluding hydrogens is 248 g/mol. The minimum atomic E-state index is -0.0370. The molecule has 0 unspecified atom stereocenters. The van der Waals surface area contributed by atoms with E-state index in [-0.39, 0.29) is 6.10 Å². The third-order valence-electron chi connectivity index (χ3n) is 5.93. The Bertz CT molecular complexity index is 295. The number of hydrogen-bond acceptors (Lipinski definition) is 2. The standard InChI is InChI=1S/C18H32O2/c1-4-13-20-17-11-7-15(8-12-17)18(2,3)14-5-9-16(19)10-6-14/h4,14-17,19H,1,5-13H2,2-3H3. The highest BCUT2D eigenvalue weighted by molar-refractivity contribution is 4.90. The highest BCUT2D eigenvalue weighted by Gasteiger charge is 2.40. The van der Waals surface area contributed by atoms with Gasteiger partial charge in [0.1, 0.15) is 0 Å². The molecule has 0 spiro atoms. The summed E-state index contributed by atoms with van der Waals surface area (Å²) in [5.41, 5.74) is 0.420. The molecule has 0 aliphatic heterocycles. The van der Waals surface area contributed by atoms with E-state index in [0.717, 1.165) is 24.7 Å². The summed E-state index contributed by atoms with van der Waals surface area (Å²) in [6, 6.07) is 0. The summed E-state index contributed by atoms with van der Waals surface area (Å²) in [7, 11) is 0. The predicted octanol–water partition coefficient (Wildman–Crippen LogP) is 4.33. The first-order chi connectivity index (χ1) is 9.54. The molecular formula is C18H32O2. The van der Waals surface area contributed by atoms with Gasteiger partial charge in [-0.2, -0.15) is 0 Å². The van der Waals surface area contributed by atoms with Crippen molar-refractivity contribution in [2.45, 2.75) is 77.4 Å². The van der Waals surface area contributed by atoms with Crippen LogP contribution in [-0.4, -0.2) is 23.9 Å². The number of ether oxygens (including phenoxy) is 1. The van der Waals surface area contributed by atoms with Gasteiger partial charge in [-0.15, -0.1) is 6.58 Å². The molecule has 2 saturated carbocycles. The molecule has 0 aromatic rings. The first-order valence-corrected chi connectivity index (χ1v) is 8.44. The van der Waals surface area contributed by atoms with E-state index in [0.29, 0.717) is 18.1 Å². The van der Waals surface area contributed by atoms with Crippen LogP contribution in [0.25, 0.3) is 0 Å². The Morgan fingerprint density at radius 2 is 1.50 bits per heavy atom. The molecule has 2 nitrogen and oxygen atoms in total. The third kappa shape index (κ3) is 3.85. The van der Waals surface area contributed by atoms with Gasteiger partial charge in [-0.25, -0.2) is 0 Å². The molecule has 2 aliphatic carbocycles. The Kier molecular flexibility index (Phi) is 5.68. The second-order valence-electron chi connectivity index (χ2n) is 7.42. The van der Waals surface area contributed by atoms with Gasteiger partial charge >= 0.3 is 0 Å². The normalized spacial score (nSPS) is 35.8. The van der Waals surface area contributed by atoms with E-state index in [1.165, 1.54) is 38.5 Å². The van der Waals surface area contributed by atoms with Gasteiger partial charge in [0.05, 0.1) is 18.8 Å². The molecule has 0 saturated heterocycles. The molecule has 0 amide bonds. The van der Waals surface area contributed by atoms with Crippen LogP contribution in [0.2, 0.25) is 0 Å². The van der Waals surface area contributed by atoms with Gasteiger partial charge in [0.15, 0.2) is 0 Å². The molecule has 2 fully saturated rings. The lowest BCUT2D eigenvalue weighted by molar-refractivity contribution is -0.0164. The van der Waals surface area contributed by atoms with Gasteiger partial charge in [0.2, 0.25) is 0 Å². The monoisotopic (exact) mass is 280 g/mol. The molecule has 0 aromatic carbocycles. The average molecular weight is 280 g/mol. The van der Waals surface area contributed by atoms with Gasteiger partial charge in [-0.3, -0.25) is 0 Å². The van der Waals surface area contributed by atoms with Crippen LogP contribution in [0, 0.1) is 17.3 Å². The van der Waals surface area contributed by atoms with Crippen molar-refractivity contribution >= 4 is 0 Å². The summed E-state index contributed by atoms with van der Waals surface area (Å²) in [6.45, 7) is 9.34. The molecule has 0 atom stereocenters. The molecule has 0 aromatic heterocycles. The fraction of sp³-hybridized carbons (Fsp3) is 0.889. The molecule has 1 N–H and O–H groups in total. The summed E-state index contributed by atoms with van der Waals surface area (Å²) in [5.74, 6) is 1.62. The largest absolute Gasteiger partial charge is 0.393 e. The van der Waals surface area contributed by atoms with Crippen LogP contribution in [0.1, 0.15) is 65.2 Å². The Balaban J connectivity index is 1.83. The second kappa shape index (κ2) is 7.09. The van der Waals surface area contributed by atoms with Crippen molar-refractivity contribution in [1.29, 1.82) is 0 Å². The highest BCUT2D eigenvalue weighted by atomic mass is 16.5. The van der Waals surface area contributed by atoms with E-state index < -0.39 is 0 Å². The van der Waals surface area contributed by atoms with Crippen molar-refractivity contribution in [3.05, 3.63) is 12.7 Å². The Morgan fingerprint density at radius 3 is 2.00 bits per heavy atom. The van der Waals surface area contributed by atoms with Crippen LogP contribution in [0.15, 0.2) is 12.7 Å². The van der Waals surface area contributed by atoms with Crippen molar-refractivity contribution in [1.82, 2.24) is 0 Å². The van der Waals surface area contributed by atoms with Crippen molar-refractivity contribution in [3.8, 4) is 0 Å². The van der Waals surface area contributed by atoms with Crippen LogP contribution in [0.3, 0.4) is 0 Å². The molecule has 0 radical (unpaired) electrons. The van der Waals surface area contributed by atoms with Gasteiger partial charge in [-0.1, -0.05) is 19.9 Å². The van der Waals surface area contributed by atoms with Crippen molar-refractivity contribution in [2.75, 3.05) is 6.61 Å². The van der Waals surface area contributed by atoms with E-state index in [4.69, 9.17) is 4.74 Å². The van der Waals surface area contributed by atoms with Crippen LogP contribution in [0.5, 0.6) is 0 Å². The van der Waals surface area contributed by atoms with E-state index >= 15 is 0 Å². The summed E-state index contributed by atoms with van der Waals surface area (Å²) in [4.78, 5) is 0. The quantitative estimate of drug-likeness (QED) is 0.760. The summed E-state index contributed by atoms with van der Waals surface area (Å²) < 4.78 is 5.80. The SMILES string of the molecule is C=CCOC1CCC(C(C)(C)C2CCC(O)CC2)CC1. The fourth-order valence-corrected chi connectivity index (χ4v) is 4.33. The number of rotatable bonds is 5. The second-order valence-corrected chi connectivity index (χ2v) is 7.42. The number of hydrogen-bond donors (Lipinski definition) is 1. The Morgan fingerprint density at radius 1 is 1.00 bits per heavy atom. The zero-order valence-corrected chi connectivity index (χ0v) is 13.3. The first-order valence-electron chi connectivity index (χ1n) is 8.44. The average Bonchev–Trinajstić information content (AvgIpc) is 2.46. The predicted molar refractivity (Wildman–Crippen MR) is 83.6 cm³/mol. The number of aliphatic hydroxyl groups is 1. The summed E-state index contributed by atoms with van der Waals surface area (Å²) in [6.07, 6.45) is 11.7. The van der Waals surface area contributed by atoms with Crippen LogP contribution in [-0.2, 0) is 4.74 Å². The summed E-state index contributed by atoms with van der Waals surface area (Å²) >= 11 is 0. The van der Waals surface area contributed by atoms with Gasteiger partial charge in [0.25, 0.3) is 0 Å². The van der Waals surface area contributed by atoms with Crippen LogP contribution >= 0.6 is 0 Å². The molecule has 20 heavy (non-hydrogen) atoms. The van der Waals surface area contributed by atoms with Crippen LogP contribution < -0.4 is 0 Å². The number of aliphatic hydroxyl groups excluding tert-OH is 1. The molecule has 116 valence electrons. The van der Waals surface area contributed by atoms with Gasteiger partial charge in [0, 0.05) is 0 Å². The first kappa shape index (κ1) is 16.0. The molecule has 2 heteroatoms. The van der Waals surface area contributed by atoms with Crippen molar-refractivity contribution in [3.63, 3.8) is 0 Å². The van der Waals surface area contributed by atoms with Crippen molar-refractivity contribution < 1.29 is 9.84 Å². The molecule has 2 rings (SSSR count). The maximum Gasteiger partial charge on any atom is 0.0648 e. The zero-order chi connectivity index (χ0) is 14.6. The van der Waals surface area contributed by atoms with Crippen molar-refractivity contribution in [2.24, 2.45) is 17.3 Å². The Hall–Kier alpha value is -0.340.